The topological polar surface area (TPSA) is 9.23 Å². The van der Waals surface area contributed by atoms with Crippen molar-refractivity contribution in [1.29, 1.82) is 0 Å². The Labute approximate surface area is 220 Å². The summed E-state index contributed by atoms with van der Waals surface area (Å²) < 4.78 is 35.9. The van der Waals surface area contributed by atoms with E-state index in [1.165, 1.54) is 89.9 Å². The highest BCUT2D eigenvalue weighted by Crippen LogP contribution is 2.45. The molecule has 0 N–H and O–H groups in total. The van der Waals surface area contributed by atoms with E-state index in [1.807, 2.05) is 6.07 Å². The van der Waals surface area contributed by atoms with Crippen molar-refractivity contribution in [3.8, 4) is 5.75 Å². The lowest BCUT2D eigenvalue weighted by Gasteiger charge is -2.38. The van der Waals surface area contributed by atoms with E-state index < -0.39 is 11.6 Å². The molecule has 3 saturated carbocycles. The minimum atomic E-state index is -0.767. The number of hydrogen-bond donors (Lipinski definition) is 0. The molecule has 3 heteroatoms. The SMILES string of the molecule is CCCCC[C@H]1CC[C@H](COc2ccc([C@H]3CC[C@H]([C@H]4CC[C@H](CCC)CC4)CC3)c(F)c2F)CC1. The Hall–Kier alpha value is -1.12. The molecular formula is C33H52F2O. The van der Waals surface area contributed by atoms with E-state index in [-0.39, 0.29) is 11.7 Å². The van der Waals surface area contributed by atoms with Crippen LogP contribution in [0.5, 0.6) is 5.75 Å². The fraction of sp³-hybridized carbons (Fsp3) is 0.818. The molecule has 0 spiro atoms. The molecule has 0 amide bonds. The zero-order valence-electron chi connectivity index (χ0n) is 23.2. The van der Waals surface area contributed by atoms with Gasteiger partial charge in [-0.05, 0) is 98.5 Å². The van der Waals surface area contributed by atoms with Crippen LogP contribution in [0.1, 0.15) is 141 Å². The first-order chi connectivity index (χ1) is 17.6. The molecule has 1 nitrogen and oxygen atoms in total. The van der Waals surface area contributed by atoms with Crippen molar-refractivity contribution in [2.75, 3.05) is 6.61 Å². The molecule has 204 valence electrons. The van der Waals surface area contributed by atoms with Gasteiger partial charge in [0.1, 0.15) is 0 Å². The van der Waals surface area contributed by atoms with E-state index in [1.54, 1.807) is 6.07 Å². The van der Waals surface area contributed by atoms with Gasteiger partial charge in [0.15, 0.2) is 11.6 Å². The molecule has 0 heterocycles. The Morgan fingerprint density at radius 1 is 0.639 bits per heavy atom. The summed E-state index contributed by atoms with van der Waals surface area (Å²) in [5, 5.41) is 0. The van der Waals surface area contributed by atoms with Crippen LogP contribution in [0.25, 0.3) is 0 Å². The fourth-order valence-electron chi connectivity index (χ4n) is 7.81. The Bertz CT molecular complexity index is 768. The number of ether oxygens (including phenoxy) is 1. The van der Waals surface area contributed by atoms with Crippen molar-refractivity contribution in [2.45, 2.75) is 135 Å². The summed E-state index contributed by atoms with van der Waals surface area (Å²) >= 11 is 0. The highest BCUT2D eigenvalue weighted by atomic mass is 19.2. The predicted octanol–water partition coefficient (Wildman–Crippen LogP) is 10.6. The molecule has 0 bridgehead atoms. The van der Waals surface area contributed by atoms with Crippen molar-refractivity contribution < 1.29 is 13.5 Å². The first-order valence-electron chi connectivity index (χ1n) is 15.7. The third-order valence-electron chi connectivity index (χ3n) is 10.2. The summed E-state index contributed by atoms with van der Waals surface area (Å²) in [6.07, 6.45) is 22.8. The van der Waals surface area contributed by atoms with Gasteiger partial charge in [-0.1, -0.05) is 84.1 Å². The minimum Gasteiger partial charge on any atom is -0.490 e. The summed E-state index contributed by atoms with van der Waals surface area (Å²) in [4.78, 5) is 0. The Kier molecular flexibility index (Phi) is 11.0. The van der Waals surface area contributed by atoms with Crippen molar-refractivity contribution >= 4 is 0 Å². The fourth-order valence-corrected chi connectivity index (χ4v) is 7.81. The zero-order chi connectivity index (χ0) is 25.3. The normalized spacial score (nSPS) is 31.3. The Morgan fingerprint density at radius 2 is 1.22 bits per heavy atom. The molecule has 3 aliphatic carbocycles. The highest BCUT2D eigenvalue weighted by Gasteiger charge is 2.32. The van der Waals surface area contributed by atoms with Gasteiger partial charge in [-0.25, -0.2) is 4.39 Å². The third-order valence-corrected chi connectivity index (χ3v) is 10.2. The molecule has 4 rings (SSSR count). The lowest BCUT2D eigenvalue weighted by Crippen LogP contribution is -2.25. The van der Waals surface area contributed by atoms with E-state index in [0.717, 1.165) is 49.4 Å². The maximum atomic E-state index is 15.1. The molecule has 0 aromatic heterocycles. The van der Waals surface area contributed by atoms with Crippen LogP contribution in [-0.4, -0.2) is 6.61 Å². The quantitative estimate of drug-likeness (QED) is 0.273. The number of halogens is 2. The van der Waals surface area contributed by atoms with Crippen LogP contribution in [0.2, 0.25) is 0 Å². The second-order valence-electron chi connectivity index (χ2n) is 12.7. The van der Waals surface area contributed by atoms with Gasteiger partial charge in [0.25, 0.3) is 0 Å². The molecule has 0 radical (unpaired) electrons. The average Bonchev–Trinajstić information content (AvgIpc) is 2.91. The zero-order valence-corrected chi connectivity index (χ0v) is 23.2. The van der Waals surface area contributed by atoms with Crippen molar-refractivity contribution in [2.24, 2.45) is 29.6 Å². The van der Waals surface area contributed by atoms with E-state index in [2.05, 4.69) is 13.8 Å². The first-order valence-corrected chi connectivity index (χ1v) is 15.7. The Morgan fingerprint density at radius 3 is 1.86 bits per heavy atom. The molecule has 36 heavy (non-hydrogen) atoms. The second-order valence-corrected chi connectivity index (χ2v) is 12.7. The Balaban J connectivity index is 1.22. The van der Waals surface area contributed by atoms with E-state index in [4.69, 9.17) is 4.74 Å². The molecule has 0 atom stereocenters. The largest absolute Gasteiger partial charge is 0.490 e. The summed E-state index contributed by atoms with van der Waals surface area (Å²) in [5.74, 6) is 2.78. The summed E-state index contributed by atoms with van der Waals surface area (Å²) in [6, 6.07) is 3.52. The van der Waals surface area contributed by atoms with Gasteiger partial charge in [0.2, 0.25) is 5.82 Å². The molecule has 0 aliphatic heterocycles. The number of hydrogen-bond acceptors (Lipinski definition) is 1. The van der Waals surface area contributed by atoms with E-state index in [0.29, 0.717) is 18.1 Å². The van der Waals surface area contributed by atoms with Crippen LogP contribution in [0.3, 0.4) is 0 Å². The molecule has 0 saturated heterocycles. The van der Waals surface area contributed by atoms with Crippen LogP contribution in [-0.2, 0) is 0 Å². The average molecular weight is 503 g/mol. The second kappa shape index (κ2) is 14.1. The van der Waals surface area contributed by atoms with Gasteiger partial charge >= 0.3 is 0 Å². The van der Waals surface area contributed by atoms with Crippen molar-refractivity contribution in [3.63, 3.8) is 0 Å². The molecule has 3 aliphatic rings. The first kappa shape index (κ1) is 27.9. The van der Waals surface area contributed by atoms with E-state index in [9.17, 15) is 4.39 Å². The maximum Gasteiger partial charge on any atom is 0.200 e. The monoisotopic (exact) mass is 502 g/mol. The summed E-state index contributed by atoms with van der Waals surface area (Å²) in [7, 11) is 0. The van der Waals surface area contributed by atoms with Gasteiger partial charge in [-0.15, -0.1) is 0 Å². The van der Waals surface area contributed by atoms with Crippen LogP contribution in [0.4, 0.5) is 8.78 Å². The standard InChI is InChI=1S/C33H52F2O/c1-3-5-6-8-25-9-11-26(12-10-25)23-36-31-22-21-30(32(34)33(31)35)29-19-17-28(18-20-29)27-15-13-24(7-4-2)14-16-27/h21-22,24-29H,3-20,23H2,1-2H3/t24-,25-,26-,27-,28-,29-. The van der Waals surface area contributed by atoms with Gasteiger partial charge in [0, 0.05) is 0 Å². The van der Waals surface area contributed by atoms with E-state index >= 15 is 4.39 Å². The van der Waals surface area contributed by atoms with Crippen LogP contribution >= 0.6 is 0 Å². The van der Waals surface area contributed by atoms with Crippen LogP contribution in [0.15, 0.2) is 12.1 Å². The van der Waals surface area contributed by atoms with Gasteiger partial charge in [-0.2, -0.15) is 4.39 Å². The molecular weight excluding hydrogens is 450 g/mol. The number of rotatable bonds is 11. The van der Waals surface area contributed by atoms with Crippen LogP contribution < -0.4 is 4.74 Å². The van der Waals surface area contributed by atoms with Gasteiger partial charge < -0.3 is 4.74 Å². The highest BCUT2D eigenvalue weighted by molar-refractivity contribution is 5.33. The molecule has 1 aromatic carbocycles. The smallest absolute Gasteiger partial charge is 0.200 e. The summed E-state index contributed by atoms with van der Waals surface area (Å²) in [6.45, 7) is 5.07. The van der Waals surface area contributed by atoms with Gasteiger partial charge in [-0.3, -0.25) is 0 Å². The summed E-state index contributed by atoms with van der Waals surface area (Å²) in [5.41, 5.74) is 0.581. The molecule has 1 aromatic rings. The number of benzene rings is 1. The maximum absolute atomic E-state index is 15.1. The predicted molar refractivity (Wildman–Crippen MR) is 146 cm³/mol. The minimum absolute atomic E-state index is 0.110. The third kappa shape index (κ3) is 7.47. The molecule has 3 fully saturated rings. The lowest BCUT2D eigenvalue weighted by atomic mass is 9.68. The number of unbranched alkanes of at least 4 members (excludes halogenated alkanes) is 2. The van der Waals surface area contributed by atoms with Crippen molar-refractivity contribution in [1.82, 2.24) is 0 Å². The molecule has 0 unspecified atom stereocenters. The lowest BCUT2D eigenvalue weighted by molar-refractivity contribution is 0.155. The van der Waals surface area contributed by atoms with Gasteiger partial charge in [0.05, 0.1) is 6.61 Å². The van der Waals surface area contributed by atoms with Crippen molar-refractivity contribution in [3.05, 3.63) is 29.3 Å². The van der Waals surface area contributed by atoms with Crippen LogP contribution in [0, 0.1) is 41.2 Å².